The minimum absolute atomic E-state index is 0.000640. The molecule has 1 aliphatic carbocycles. The zero-order valence-corrected chi connectivity index (χ0v) is 14.1. The lowest BCUT2D eigenvalue weighted by Gasteiger charge is -2.36. The van der Waals surface area contributed by atoms with Gasteiger partial charge in [0.25, 0.3) is 0 Å². The van der Waals surface area contributed by atoms with Gasteiger partial charge in [0, 0.05) is 44.1 Å². The van der Waals surface area contributed by atoms with Gasteiger partial charge in [-0.2, -0.15) is 0 Å². The fourth-order valence-electron chi connectivity index (χ4n) is 3.70. The van der Waals surface area contributed by atoms with Gasteiger partial charge in [0.15, 0.2) is 0 Å². The second kappa shape index (κ2) is 7.23. The normalized spacial score (nSPS) is 28.2. The Morgan fingerprint density at radius 1 is 1.12 bits per heavy atom. The molecule has 1 aromatic carbocycles. The largest absolute Gasteiger partial charge is 0.489 e. The van der Waals surface area contributed by atoms with E-state index in [0.29, 0.717) is 0 Å². The molecule has 0 bridgehead atoms. The molecule has 1 saturated heterocycles. The number of hydrogen-bond acceptors (Lipinski definition) is 4. The van der Waals surface area contributed by atoms with Crippen LogP contribution in [0.2, 0.25) is 0 Å². The van der Waals surface area contributed by atoms with Crippen LogP contribution in [0.25, 0.3) is 0 Å². The van der Waals surface area contributed by atoms with Crippen molar-refractivity contribution < 1.29 is 9.53 Å². The number of carbonyl (C=O) groups is 1. The van der Waals surface area contributed by atoms with Crippen LogP contribution in [0, 0.1) is 5.92 Å². The first kappa shape index (κ1) is 16.1. The number of rotatable bonds is 5. The van der Waals surface area contributed by atoms with Gasteiger partial charge in [-0.1, -0.05) is 30.3 Å². The van der Waals surface area contributed by atoms with Gasteiger partial charge in [0.1, 0.15) is 11.9 Å². The van der Waals surface area contributed by atoms with Gasteiger partial charge in [-0.25, -0.2) is 0 Å². The van der Waals surface area contributed by atoms with Crippen molar-refractivity contribution in [3.63, 3.8) is 0 Å². The first-order valence-electron chi connectivity index (χ1n) is 8.92. The topological polar surface area (TPSA) is 63.2 Å². The summed E-state index contributed by atoms with van der Waals surface area (Å²) >= 11 is 0. The minimum atomic E-state index is 0.000640. The van der Waals surface area contributed by atoms with E-state index in [0.717, 1.165) is 31.7 Å². The molecule has 0 unspecified atom stereocenters. The molecule has 5 nitrogen and oxygen atoms in total. The smallest absolute Gasteiger partial charge is 0.225 e. The van der Waals surface area contributed by atoms with Crippen LogP contribution in [0.5, 0.6) is 5.75 Å². The average Bonchev–Trinajstić information content (AvgIpc) is 3.11. The summed E-state index contributed by atoms with van der Waals surface area (Å²) in [6.45, 7) is 1.60. The summed E-state index contributed by atoms with van der Waals surface area (Å²) in [6.07, 6.45) is 5.34. The summed E-state index contributed by atoms with van der Waals surface area (Å²) in [5, 5.41) is 6.56. The highest BCUT2D eigenvalue weighted by Gasteiger charge is 2.38. The predicted molar refractivity (Wildman–Crippen MR) is 95.4 cm³/mol. The molecule has 1 aromatic heterocycles. The van der Waals surface area contributed by atoms with E-state index >= 15 is 0 Å². The van der Waals surface area contributed by atoms with E-state index in [1.807, 2.05) is 30.3 Å². The van der Waals surface area contributed by atoms with Crippen molar-refractivity contribution in [1.82, 2.24) is 15.6 Å². The van der Waals surface area contributed by atoms with E-state index in [4.69, 9.17) is 4.74 Å². The average molecular weight is 337 g/mol. The molecule has 2 N–H and O–H groups in total. The number of aromatic nitrogens is 1. The number of hydrogen-bond donors (Lipinski definition) is 2. The highest BCUT2D eigenvalue weighted by molar-refractivity contribution is 5.81. The molecule has 5 heteroatoms. The molecule has 1 aliphatic heterocycles. The zero-order valence-electron chi connectivity index (χ0n) is 14.1. The van der Waals surface area contributed by atoms with E-state index in [-0.39, 0.29) is 29.9 Å². The lowest BCUT2D eigenvalue weighted by atomic mass is 9.85. The number of ether oxygens (including phenoxy) is 1. The zero-order chi connectivity index (χ0) is 17.1. The molecular formula is C20H23N3O2. The number of amides is 1. The van der Waals surface area contributed by atoms with E-state index in [1.54, 1.807) is 12.4 Å². The molecule has 130 valence electrons. The fraction of sp³-hybridized carbons (Fsp3) is 0.400. The Morgan fingerprint density at radius 3 is 2.72 bits per heavy atom. The van der Waals surface area contributed by atoms with Gasteiger partial charge >= 0.3 is 0 Å². The summed E-state index contributed by atoms with van der Waals surface area (Å²) in [4.78, 5) is 16.7. The van der Waals surface area contributed by atoms with Crippen LogP contribution in [0.15, 0.2) is 54.9 Å². The highest BCUT2D eigenvalue weighted by atomic mass is 16.5. The number of benzene rings is 1. The van der Waals surface area contributed by atoms with Crippen LogP contribution in [0.3, 0.4) is 0 Å². The molecule has 2 aliphatic rings. The van der Waals surface area contributed by atoms with Crippen LogP contribution in [0.1, 0.15) is 24.3 Å². The number of nitrogens with one attached hydrogen (secondary N) is 2. The van der Waals surface area contributed by atoms with Crippen LogP contribution < -0.4 is 15.4 Å². The van der Waals surface area contributed by atoms with Gasteiger partial charge in [0.2, 0.25) is 5.91 Å². The first-order chi connectivity index (χ1) is 12.3. The summed E-state index contributed by atoms with van der Waals surface area (Å²) in [5.41, 5.74) is 1.24. The maximum Gasteiger partial charge on any atom is 0.225 e. The summed E-state index contributed by atoms with van der Waals surface area (Å²) in [7, 11) is 0. The Labute approximate surface area is 147 Å². The third kappa shape index (κ3) is 3.66. The molecule has 0 radical (unpaired) electrons. The van der Waals surface area contributed by atoms with Crippen LogP contribution in [-0.2, 0) is 4.79 Å². The lowest BCUT2D eigenvalue weighted by molar-refractivity contribution is -0.126. The highest BCUT2D eigenvalue weighted by Crippen LogP contribution is 2.30. The van der Waals surface area contributed by atoms with E-state index < -0.39 is 0 Å². The van der Waals surface area contributed by atoms with Gasteiger partial charge in [-0.3, -0.25) is 9.78 Å². The first-order valence-corrected chi connectivity index (χ1v) is 8.92. The Morgan fingerprint density at radius 2 is 1.96 bits per heavy atom. The number of nitrogens with zero attached hydrogens (tertiary/aromatic N) is 1. The molecule has 2 aromatic rings. The summed E-state index contributed by atoms with van der Waals surface area (Å²) in [5.74, 6) is 1.20. The molecule has 1 saturated carbocycles. The van der Waals surface area contributed by atoms with Crippen LogP contribution >= 0.6 is 0 Å². The van der Waals surface area contributed by atoms with Gasteiger partial charge in [0.05, 0.1) is 12.1 Å². The van der Waals surface area contributed by atoms with Crippen molar-refractivity contribution in [1.29, 1.82) is 0 Å². The summed E-state index contributed by atoms with van der Waals surface area (Å²) in [6, 6.07) is 14.3. The third-order valence-electron chi connectivity index (χ3n) is 5.16. The minimum Gasteiger partial charge on any atom is -0.489 e. The second-order valence-corrected chi connectivity index (χ2v) is 6.89. The second-order valence-electron chi connectivity index (χ2n) is 6.89. The predicted octanol–water partition coefficient (Wildman–Crippen LogP) is 2.11. The molecular weight excluding hydrogens is 314 g/mol. The van der Waals surface area contributed by atoms with E-state index in [9.17, 15) is 4.79 Å². The quantitative estimate of drug-likeness (QED) is 0.877. The van der Waals surface area contributed by atoms with Crippen molar-refractivity contribution >= 4 is 5.91 Å². The summed E-state index contributed by atoms with van der Waals surface area (Å²) < 4.78 is 5.85. The Hall–Kier alpha value is -2.40. The van der Waals surface area contributed by atoms with E-state index in [2.05, 4.69) is 27.8 Å². The van der Waals surface area contributed by atoms with Crippen molar-refractivity contribution in [3.8, 4) is 5.75 Å². The molecule has 25 heavy (non-hydrogen) atoms. The Kier molecular flexibility index (Phi) is 4.65. The maximum absolute atomic E-state index is 12.7. The Balaban J connectivity index is 1.28. The van der Waals surface area contributed by atoms with Crippen molar-refractivity contribution in [2.24, 2.45) is 5.92 Å². The molecule has 2 fully saturated rings. The molecule has 2 atom stereocenters. The number of pyridine rings is 1. The van der Waals surface area contributed by atoms with Gasteiger partial charge in [-0.15, -0.1) is 0 Å². The SMILES string of the molecule is O=C(N[C@H]1C[C@H](Oc2cccnc2)C1)[C@@H]1CNC[C@H]1c1ccccc1. The van der Waals surface area contributed by atoms with Gasteiger partial charge < -0.3 is 15.4 Å². The van der Waals surface area contributed by atoms with Crippen LogP contribution in [-0.4, -0.2) is 36.1 Å². The van der Waals surface area contributed by atoms with Gasteiger partial charge in [-0.05, 0) is 17.7 Å². The molecule has 1 amide bonds. The third-order valence-corrected chi connectivity index (χ3v) is 5.16. The molecule has 2 heterocycles. The van der Waals surface area contributed by atoms with Crippen LogP contribution in [0.4, 0.5) is 0 Å². The van der Waals surface area contributed by atoms with Crippen molar-refractivity contribution in [2.45, 2.75) is 30.9 Å². The Bertz CT molecular complexity index is 701. The van der Waals surface area contributed by atoms with Crippen molar-refractivity contribution in [3.05, 3.63) is 60.4 Å². The molecule has 0 spiro atoms. The maximum atomic E-state index is 12.7. The van der Waals surface area contributed by atoms with E-state index in [1.165, 1.54) is 5.56 Å². The monoisotopic (exact) mass is 337 g/mol. The van der Waals surface area contributed by atoms with Crippen molar-refractivity contribution in [2.75, 3.05) is 13.1 Å². The lowest BCUT2D eigenvalue weighted by Crippen LogP contribution is -2.51. The fourth-order valence-corrected chi connectivity index (χ4v) is 3.70. The number of carbonyl (C=O) groups excluding carboxylic acids is 1. The molecule has 4 rings (SSSR count). The standard InChI is InChI=1S/C20H23N3O2/c24-20(19-13-22-12-18(19)14-5-2-1-3-6-14)23-15-9-17(10-15)25-16-7-4-8-21-11-16/h1-8,11,15,17-19,22H,9-10,12-13H2,(H,23,24)/t15-,17-,18-,19+/m0/s1.